The first kappa shape index (κ1) is 14.6. The summed E-state index contributed by atoms with van der Waals surface area (Å²) in [4.78, 5) is 1.12. The summed E-state index contributed by atoms with van der Waals surface area (Å²) in [6.07, 6.45) is 0.507. The van der Waals surface area contributed by atoms with Gasteiger partial charge in [-0.05, 0) is 42.5 Å². The van der Waals surface area contributed by atoms with Crippen LogP contribution in [-0.4, -0.2) is 11.7 Å². The van der Waals surface area contributed by atoms with Crippen molar-refractivity contribution >= 4 is 11.3 Å². The van der Waals surface area contributed by atoms with Crippen LogP contribution in [0, 0.1) is 25.7 Å². The van der Waals surface area contributed by atoms with Crippen LogP contribution in [0.1, 0.15) is 28.0 Å². The Hall–Kier alpha value is -1.76. The van der Waals surface area contributed by atoms with Gasteiger partial charge in [-0.2, -0.15) is 0 Å². The lowest BCUT2D eigenvalue weighted by Gasteiger charge is -2.09. The highest BCUT2D eigenvalue weighted by molar-refractivity contribution is 7.10. The van der Waals surface area contributed by atoms with Crippen molar-refractivity contribution in [2.45, 2.75) is 26.9 Å². The molecule has 2 nitrogen and oxygen atoms in total. The van der Waals surface area contributed by atoms with E-state index in [0.29, 0.717) is 13.0 Å². The van der Waals surface area contributed by atoms with Crippen LogP contribution >= 0.6 is 11.3 Å². The van der Waals surface area contributed by atoms with Crippen LogP contribution < -0.4 is 4.74 Å². The maximum atomic E-state index is 8.75. The number of aliphatic hydroxyl groups is 1. The van der Waals surface area contributed by atoms with Gasteiger partial charge < -0.3 is 9.84 Å². The summed E-state index contributed by atoms with van der Waals surface area (Å²) in [6.45, 7) is 4.74. The lowest BCUT2D eigenvalue weighted by atomic mass is 10.1. The molecular weight excluding hydrogens is 268 g/mol. The molecule has 1 aromatic carbocycles. The maximum Gasteiger partial charge on any atom is 0.124 e. The fourth-order valence-corrected chi connectivity index (χ4v) is 2.52. The Morgan fingerprint density at radius 1 is 1.25 bits per heavy atom. The molecule has 0 amide bonds. The molecule has 0 aliphatic rings. The molecule has 1 aromatic heterocycles. The summed E-state index contributed by atoms with van der Waals surface area (Å²) < 4.78 is 5.90. The van der Waals surface area contributed by atoms with Crippen LogP contribution in [0.15, 0.2) is 29.6 Å². The molecule has 2 rings (SSSR count). The van der Waals surface area contributed by atoms with Crippen LogP contribution in [0.3, 0.4) is 0 Å². The molecule has 104 valence electrons. The van der Waals surface area contributed by atoms with Crippen molar-refractivity contribution in [3.8, 4) is 17.6 Å². The average Bonchev–Trinajstić information content (AvgIpc) is 2.88. The van der Waals surface area contributed by atoms with Crippen LogP contribution in [-0.2, 0) is 6.61 Å². The molecule has 1 heterocycles. The van der Waals surface area contributed by atoms with E-state index >= 15 is 0 Å². The number of hydrogen-bond acceptors (Lipinski definition) is 3. The molecule has 0 spiro atoms. The predicted molar refractivity (Wildman–Crippen MR) is 83.1 cm³/mol. The highest BCUT2D eigenvalue weighted by atomic mass is 32.1. The molecule has 0 saturated heterocycles. The van der Waals surface area contributed by atoms with Crippen molar-refractivity contribution in [3.63, 3.8) is 0 Å². The van der Waals surface area contributed by atoms with Crippen molar-refractivity contribution < 1.29 is 9.84 Å². The maximum absolute atomic E-state index is 8.75. The molecule has 0 aliphatic carbocycles. The van der Waals surface area contributed by atoms with Crippen molar-refractivity contribution in [1.82, 2.24) is 0 Å². The van der Waals surface area contributed by atoms with E-state index < -0.39 is 0 Å². The molecule has 20 heavy (non-hydrogen) atoms. The summed E-state index contributed by atoms with van der Waals surface area (Å²) >= 11 is 1.65. The Balaban J connectivity index is 2.06. The van der Waals surface area contributed by atoms with E-state index in [1.54, 1.807) is 11.3 Å². The zero-order valence-corrected chi connectivity index (χ0v) is 12.6. The molecule has 0 fully saturated rings. The Morgan fingerprint density at radius 2 is 2.10 bits per heavy atom. The molecule has 0 bridgehead atoms. The Kier molecular flexibility index (Phi) is 5.23. The number of aryl methyl sites for hydroxylation is 2. The van der Waals surface area contributed by atoms with Crippen molar-refractivity contribution in [2.75, 3.05) is 6.61 Å². The van der Waals surface area contributed by atoms with Gasteiger partial charge in [-0.15, -0.1) is 11.3 Å². The molecule has 2 aromatic rings. The number of hydrogen-bond donors (Lipinski definition) is 1. The van der Waals surface area contributed by atoms with Crippen molar-refractivity contribution in [2.24, 2.45) is 0 Å². The van der Waals surface area contributed by atoms with Gasteiger partial charge in [0.15, 0.2) is 0 Å². The molecular formula is C17H18O2S. The van der Waals surface area contributed by atoms with Crippen LogP contribution in [0.4, 0.5) is 0 Å². The van der Waals surface area contributed by atoms with Gasteiger partial charge in [0, 0.05) is 12.0 Å². The van der Waals surface area contributed by atoms with E-state index in [4.69, 9.17) is 9.84 Å². The average molecular weight is 286 g/mol. The van der Waals surface area contributed by atoms with E-state index in [2.05, 4.69) is 37.0 Å². The summed E-state index contributed by atoms with van der Waals surface area (Å²) in [5.74, 6) is 6.95. The molecule has 0 saturated carbocycles. The minimum absolute atomic E-state index is 0.103. The third kappa shape index (κ3) is 3.86. The number of ether oxygens (including phenoxy) is 1. The van der Waals surface area contributed by atoms with E-state index in [0.717, 1.165) is 21.8 Å². The van der Waals surface area contributed by atoms with Gasteiger partial charge in [0.1, 0.15) is 12.4 Å². The first-order valence-corrected chi connectivity index (χ1v) is 7.45. The fourth-order valence-electron chi connectivity index (χ4n) is 1.78. The second-order valence-corrected chi connectivity index (χ2v) is 5.59. The number of thiophene rings is 1. The Labute approximate surface area is 124 Å². The number of aliphatic hydroxyl groups excluding tert-OH is 1. The third-order valence-electron chi connectivity index (χ3n) is 2.91. The molecule has 0 unspecified atom stereocenters. The van der Waals surface area contributed by atoms with Crippen molar-refractivity contribution in [3.05, 3.63) is 51.2 Å². The van der Waals surface area contributed by atoms with Crippen LogP contribution in [0.2, 0.25) is 0 Å². The number of benzene rings is 1. The highest BCUT2D eigenvalue weighted by Crippen LogP contribution is 2.23. The SMILES string of the molecule is Cc1ccc(C)c(OCc2sccc2C#CCCO)c1. The van der Waals surface area contributed by atoms with Gasteiger partial charge in [0.25, 0.3) is 0 Å². The van der Waals surface area contributed by atoms with Gasteiger partial charge in [-0.25, -0.2) is 0 Å². The monoisotopic (exact) mass is 286 g/mol. The standard InChI is InChI=1S/C17H18O2S/c1-13-6-7-14(2)16(11-13)19-12-17-15(8-10-20-17)5-3-4-9-18/h6-8,10-11,18H,4,9,12H2,1-2H3. The Morgan fingerprint density at radius 3 is 2.90 bits per heavy atom. The van der Waals surface area contributed by atoms with Gasteiger partial charge in [-0.1, -0.05) is 24.0 Å². The first-order valence-electron chi connectivity index (χ1n) is 6.57. The lowest BCUT2D eigenvalue weighted by Crippen LogP contribution is -1.97. The van der Waals surface area contributed by atoms with E-state index in [1.807, 2.05) is 18.4 Å². The van der Waals surface area contributed by atoms with Crippen molar-refractivity contribution in [1.29, 1.82) is 0 Å². The minimum Gasteiger partial charge on any atom is -0.488 e. The second-order valence-electron chi connectivity index (χ2n) is 4.59. The predicted octanol–water partition coefficient (Wildman–Crippen LogP) is 3.68. The molecule has 3 heteroatoms. The number of rotatable bonds is 4. The van der Waals surface area contributed by atoms with Gasteiger partial charge in [0.05, 0.1) is 11.5 Å². The molecule has 1 N–H and O–H groups in total. The van der Waals surface area contributed by atoms with Crippen LogP contribution in [0.25, 0.3) is 0 Å². The molecule has 0 aliphatic heterocycles. The smallest absolute Gasteiger partial charge is 0.124 e. The topological polar surface area (TPSA) is 29.5 Å². The normalized spacial score (nSPS) is 9.95. The third-order valence-corrected chi connectivity index (χ3v) is 3.80. The van der Waals surface area contributed by atoms with Gasteiger partial charge >= 0.3 is 0 Å². The zero-order chi connectivity index (χ0) is 14.4. The largest absolute Gasteiger partial charge is 0.488 e. The zero-order valence-electron chi connectivity index (χ0n) is 11.8. The van der Waals surface area contributed by atoms with E-state index in [-0.39, 0.29) is 6.61 Å². The van der Waals surface area contributed by atoms with Gasteiger partial charge in [-0.3, -0.25) is 0 Å². The minimum atomic E-state index is 0.103. The van der Waals surface area contributed by atoms with E-state index in [9.17, 15) is 0 Å². The summed E-state index contributed by atoms with van der Waals surface area (Å²) in [6, 6.07) is 8.21. The Bertz CT molecular complexity index is 632. The summed E-state index contributed by atoms with van der Waals surface area (Å²) in [7, 11) is 0. The molecule has 0 radical (unpaired) electrons. The van der Waals surface area contributed by atoms with Gasteiger partial charge in [0.2, 0.25) is 0 Å². The van der Waals surface area contributed by atoms with E-state index in [1.165, 1.54) is 5.56 Å². The highest BCUT2D eigenvalue weighted by Gasteiger charge is 2.05. The lowest BCUT2D eigenvalue weighted by molar-refractivity contribution is 0.305. The first-order chi connectivity index (χ1) is 9.70. The summed E-state index contributed by atoms with van der Waals surface area (Å²) in [5.41, 5.74) is 3.33. The fraction of sp³-hybridized carbons (Fsp3) is 0.294. The second kappa shape index (κ2) is 7.14. The quantitative estimate of drug-likeness (QED) is 0.869. The summed E-state index contributed by atoms with van der Waals surface area (Å²) in [5, 5.41) is 10.8. The molecule has 0 atom stereocenters. The van der Waals surface area contributed by atoms with Crippen LogP contribution in [0.5, 0.6) is 5.75 Å².